The van der Waals surface area contributed by atoms with Crippen LogP contribution >= 0.6 is 15.9 Å². The summed E-state index contributed by atoms with van der Waals surface area (Å²) in [5.41, 5.74) is 0.900. The highest BCUT2D eigenvalue weighted by Crippen LogP contribution is 2.17. The third-order valence-corrected chi connectivity index (χ3v) is 3.83. The second-order valence-electron chi connectivity index (χ2n) is 6.95. The van der Waals surface area contributed by atoms with Crippen molar-refractivity contribution in [1.82, 2.24) is 5.32 Å². The normalized spacial score (nSPS) is 10.7. The van der Waals surface area contributed by atoms with Crippen LogP contribution < -0.4 is 16.0 Å². The maximum absolute atomic E-state index is 12.3. The van der Waals surface area contributed by atoms with Gasteiger partial charge in [0.1, 0.15) is 12.1 Å². The molecule has 0 fully saturated rings. The van der Waals surface area contributed by atoms with Gasteiger partial charge in [0.25, 0.3) is 5.91 Å². The SMILES string of the molecule is CC(C)(C)OC(=O)NCC(=O)Nc1cccc(NC(=O)c2ccc(Br)cc2)c1. The van der Waals surface area contributed by atoms with E-state index in [1.165, 1.54) is 0 Å². The number of hydrogen-bond acceptors (Lipinski definition) is 4. The van der Waals surface area contributed by atoms with Crippen molar-refractivity contribution in [2.75, 3.05) is 17.2 Å². The average molecular weight is 448 g/mol. The Morgan fingerprint density at radius 3 is 2.18 bits per heavy atom. The zero-order valence-electron chi connectivity index (χ0n) is 15.8. The molecule has 28 heavy (non-hydrogen) atoms. The molecule has 2 rings (SSSR count). The van der Waals surface area contributed by atoms with E-state index in [0.717, 1.165) is 4.47 Å². The Morgan fingerprint density at radius 1 is 0.964 bits per heavy atom. The zero-order valence-corrected chi connectivity index (χ0v) is 17.4. The van der Waals surface area contributed by atoms with Gasteiger partial charge in [-0.1, -0.05) is 22.0 Å². The molecule has 0 atom stereocenters. The van der Waals surface area contributed by atoms with Gasteiger partial charge >= 0.3 is 6.09 Å². The number of alkyl carbamates (subject to hydrolysis) is 1. The molecular formula is C20H22BrN3O4. The summed E-state index contributed by atoms with van der Waals surface area (Å²) < 4.78 is 5.95. The van der Waals surface area contributed by atoms with Gasteiger partial charge in [-0.05, 0) is 63.2 Å². The van der Waals surface area contributed by atoms with E-state index in [4.69, 9.17) is 4.74 Å². The molecule has 0 aliphatic carbocycles. The Labute approximate surface area is 172 Å². The second-order valence-corrected chi connectivity index (χ2v) is 7.86. The van der Waals surface area contributed by atoms with Gasteiger partial charge in [-0.3, -0.25) is 9.59 Å². The largest absolute Gasteiger partial charge is 0.444 e. The molecule has 0 saturated heterocycles. The summed E-state index contributed by atoms with van der Waals surface area (Å²) in [7, 11) is 0. The van der Waals surface area contributed by atoms with Crippen LogP contribution in [-0.4, -0.2) is 30.1 Å². The molecule has 0 radical (unpaired) electrons. The number of hydrogen-bond donors (Lipinski definition) is 3. The Kier molecular flexibility index (Phi) is 7.17. The van der Waals surface area contributed by atoms with Crippen molar-refractivity contribution in [2.24, 2.45) is 0 Å². The van der Waals surface area contributed by atoms with Crippen LogP contribution in [-0.2, 0) is 9.53 Å². The first-order valence-electron chi connectivity index (χ1n) is 8.56. The lowest BCUT2D eigenvalue weighted by Gasteiger charge is -2.19. The lowest BCUT2D eigenvalue weighted by Crippen LogP contribution is -2.37. The maximum atomic E-state index is 12.3. The number of nitrogens with one attached hydrogen (secondary N) is 3. The van der Waals surface area contributed by atoms with Gasteiger partial charge in [-0.25, -0.2) is 4.79 Å². The summed E-state index contributed by atoms with van der Waals surface area (Å²) in [6.07, 6.45) is -0.668. The lowest BCUT2D eigenvalue weighted by atomic mass is 10.2. The van der Waals surface area contributed by atoms with E-state index in [1.807, 2.05) is 0 Å². The van der Waals surface area contributed by atoms with Crippen LogP contribution in [0.25, 0.3) is 0 Å². The molecule has 2 aromatic rings. The molecule has 0 spiro atoms. The van der Waals surface area contributed by atoms with Crippen molar-refractivity contribution < 1.29 is 19.1 Å². The van der Waals surface area contributed by atoms with Crippen LogP contribution in [0.4, 0.5) is 16.2 Å². The van der Waals surface area contributed by atoms with Crippen LogP contribution in [0, 0.1) is 0 Å². The second kappa shape index (κ2) is 9.36. The van der Waals surface area contributed by atoms with E-state index in [0.29, 0.717) is 16.9 Å². The predicted octanol–water partition coefficient (Wildman–Crippen LogP) is 4.16. The van der Waals surface area contributed by atoms with Gasteiger partial charge in [-0.2, -0.15) is 0 Å². The standard InChI is InChI=1S/C20H22BrN3O4/c1-20(2,3)28-19(27)22-12-17(25)23-15-5-4-6-16(11-15)24-18(26)13-7-9-14(21)10-8-13/h4-11H,12H2,1-3H3,(H,22,27)(H,23,25)(H,24,26). The molecule has 0 heterocycles. The third-order valence-electron chi connectivity index (χ3n) is 3.30. The van der Waals surface area contributed by atoms with E-state index in [2.05, 4.69) is 31.9 Å². The van der Waals surface area contributed by atoms with E-state index < -0.39 is 17.6 Å². The first-order valence-corrected chi connectivity index (χ1v) is 9.35. The molecule has 0 unspecified atom stereocenters. The molecule has 0 saturated carbocycles. The fourth-order valence-corrected chi connectivity index (χ4v) is 2.42. The molecule has 0 bridgehead atoms. The number of carbonyl (C=O) groups is 3. The van der Waals surface area contributed by atoms with E-state index in [-0.39, 0.29) is 12.5 Å². The number of anilines is 2. The van der Waals surface area contributed by atoms with E-state index >= 15 is 0 Å². The monoisotopic (exact) mass is 447 g/mol. The number of benzene rings is 2. The fraction of sp³-hybridized carbons (Fsp3) is 0.250. The minimum atomic E-state index is -0.668. The highest BCUT2D eigenvalue weighted by molar-refractivity contribution is 9.10. The first kappa shape index (κ1) is 21.4. The van der Waals surface area contributed by atoms with Gasteiger partial charge in [0.15, 0.2) is 0 Å². The molecule has 8 heteroatoms. The molecule has 2 aromatic carbocycles. The van der Waals surface area contributed by atoms with Crippen molar-refractivity contribution in [1.29, 1.82) is 0 Å². The Hall–Kier alpha value is -2.87. The summed E-state index contributed by atoms with van der Waals surface area (Å²) in [5.74, 6) is -0.676. The van der Waals surface area contributed by atoms with Crippen molar-refractivity contribution in [3.05, 3.63) is 58.6 Å². The zero-order chi connectivity index (χ0) is 20.7. The summed E-state index contributed by atoms with van der Waals surface area (Å²) in [5, 5.41) is 7.81. The summed E-state index contributed by atoms with van der Waals surface area (Å²) >= 11 is 3.32. The van der Waals surface area contributed by atoms with Crippen molar-refractivity contribution >= 4 is 45.2 Å². The average Bonchev–Trinajstić information content (AvgIpc) is 2.59. The summed E-state index contributed by atoms with van der Waals surface area (Å²) in [6.45, 7) is 4.98. The molecule has 3 N–H and O–H groups in total. The molecule has 0 aromatic heterocycles. The number of halogens is 1. The van der Waals surface area contributed by atoms with Gasteiger partial charge in [0.05, 0.1) is 0 Å². The van der Waals surface area contributed by atoms with Crippen LogP contribution in [0.2, 0.25) is 0 Å². The molecule has 3 amide bonds. The number of rotatable bonds is 5. The quantitative estimate of drug-likeness (QED) is 0.640. The molecule has 0 aliphatic rings. The van der Waals surface area contributed by atoms with Gasteiger partial charge < -0.3 is 20.7 Å². The fourth-order valence-electron chi connectivity index (χ4n) is 2.15. The minimum Gasteiger partial charge on any atom is -0.444 e. The van der Waals surface area contributed by atoms with E-state index in [1.54, 1.807) is 69.3 Å². The number of ether oxygens (including phenoxy) is 1. The van der Waals surface area contributed by atoms with Crippen LogP contribution in [0.15, 0.2) is 53.0 Å². The minimum absolute atomic E-state index is 0.232. The smallest absolute Gasteiger partial charge is 0.408 e. The van der Waals surface area contributed by atoms with Crippen molar-refractivity contribution in [3.63, 3.8) is 0 Å². The summed E-state index contributed by atoms with van der Waals surface area (Å²) in [6, 6.07) is 13.7. The summed E-state index contributed by atoms with van der Waals surface area (Å²) in [4.78, 5) is 35.9. The first-order chi connectivity index (χ1) is 13.1. The van der Waals surface area contributed by atoms with Crippen LogP contribution in [0.5, 0.6) is 0 Å². The third kappa shape index (κ3) is 7.40. The Bertz CT molecular complexity index is 860. The van der Waals surface area contributed by atoms with Gasteiger partial charge in [0, 0.05) is 21.4 Å². The predicted molar refractivity (Wildman–Crippen MR) is 111 cm³/mol. The highest BCUT2D eigenvalue weighted by atomic mass is 79.9. The lowest BCUT2D eigenvalue weighted by molar-refractivity contribution is -0.115. The molecular weight excluding hydrogens is 426 g/mol. The molecule has 7 nitrogen and oxygen atoms in total. The topological polar surface area (TPSA) is 96.5 Å². The van der Waals surface area contributed by atoms with Gasteiger partial charge in [0.2, 0.25) is 5.91 Å². The van der Waals surface area contributed by atoms with Crippen molar-refractivity contribution in [3.8, 4) is 0 Å². The maximum Gasteiger partial charge on any atom is 0.408 e. The highest BCUT2D eigenvalue weighted by Gasteiger charge is 2.16. The van der Waals surface area contributed by atoms with E-state index in [9.17, 15) is 14.4 Å². The van der Waals surface area contributed by atoms with Crippen molar-refractivity contribution in [2.45, 2.75) is 26.4 Å². The number of carbonyl (C=O) groups excluding carboxylic acids is 3. The Balaban J connectivity index is 1.90. The molecule has 148 valence electrons. The van der Waals surface area contributed by atoms with Gasteiger partial charge in [-0.15, -0.1) is 0 Å². The number of amides is 3. The van der Waals surface area contributed by atoms with Crippen LogP contribution in [0.3, 0.4) is 0 Å². The molecule has 0 aliphatic heterocycles. The van der Waals surface area contributed by atoms with Crippen LogP contribution in [0.1, 0.15) is 31.1 Å². The Morgan fingerprint density at radius 2 is 1.57 bits per heavy atom.